The number of aliphatic carboxylic acids is 1. The highest BCUT2D eigenvalue weighted by molar-refractivity contribution is 8.01. The smallest absolute Gasteiger partial charge is 0.415 e. The lowest BCUT2D eigenvalue weighted by Gasteiger charge is -2.29. The summed E-state index contributed by atoms with van der Waals surface area (Å²) in [4.78, 5) is 35.0. The Bertz CT molecular complexity index is 585. The third-order valence-electron chi connectivity index (χ3n) is 2.62. The minimum absolute atomic E-state index is 0.0221. The molecule has 1 atom stereocenters. The molecule has 0 aromatic heterocycles. The molecule has 0 aromatic carbocycles. The molecule has 1 heterocycles. The maximum absolute atomic E-state index is 12.3. The zero-order valence-corrected chi connectivity index (χ0v) is 15.1. The van der Waals surface area contributed by atoms with E-state index in [1.807, 2.05) is 0 Å². The van der Waals surface area contributed by atoms with Gasteiger partial charge in [0.1, 0.15) is 11.6 Å². The highest BCUT2D eigenvalue weighted by Gasteiger charge is 2.33. The van der Waals surface area contributed by atoms with Crippen LogP contribution in [0.25, 0.3) is 0 Å². The fourth-order valence-corrected chi connectivity index (χ4v) is 2.89. The van der Waals surface area contributed by atoms with Gasteiger partial charge < -0.3 is 9.84 Å². The van der Waals surface area contributed by atoms with Crippen LogP contribution in [0.3, 0.4) is 0 Å². The monoisotopic (exact) mass is 377 g/mol. The summed E-state index contributed by atoms with van der Waals surface area (Å²) < 4.78 is 7.81. The van der Waals surface area contributed by atoms with E-state index < -0.39 is 28.6 Å². The van der Waals surface area contributed by atoms with Gasteiger partial charge in [0.25, 0.3) is 0 Å². The number of carboxylic acid groups (broad SMARTS) is 1. The van der Waals surface area contributed by atoms with E-state index in [-0.39, 0.29) is 23.0 Å². The van der Waals surface area contributed by atoms with Crippen molar-refractivity contribution in [2.24, 2.45) is 0 Å². The topological polar surface area (TPSA) is 122 Å². The van der Waals surface area contributed by atoms with Crippen molar-refractivity contribution in [1.82, 2.24) is 9.62 Å². The Balaban J connectivity index is 3.06. The Morgan fingerprint density at radius 2 is 2.21 bits per heavy atom. The second-order valence-corrected chi connectivity index (χ2v) is 6.93. The average molecular weight is 377 g/mol. The van der Waals surface area contributed by atoms with Gasteiger partial charge in [0.2, 0.25) is 0 Å². The van der Waals surface area contributed by atoms with Gasteiger partial charge >= 0.3 is 17.8 Å². The molecule has 0 saturated heterocycles. The summed E-state index contributed by atoms with van der Waals surface area (Å²) in [5.41, 5.74) is -1.10. The van der Waals surface area contributed by atoms with E-state index >= 15 is 0 Å². The number of amides is 1. The van der Waals surface area contributed by atoms with Crippen molar-refractivity contribution in [2.75, 3.05) is 12.3 Å². The Morgan fingerprint density at radius 3 is 2.67 bits per heavy atom. The first kappa shape index (κ1) is 20.3. The summed E-state index contributed by atoms with van der Waals surface area (Å²) in [5.74, 6) is -1.18. The van der Waals surface area contributed by atoms with Gasteiger partial charge in [0, 0.05) is 18.4 Å². The molecule has 1 aliphatic heterocycles. The van der Waals surface area contributed by atoms with Crippen LogP contribution in [0.2, 0.25) is 0 Å². The number of carbonyl (C=O) groups excluding carboxylic acids is 1. The van der Waals surface area contributed by atoms with Crippen molar-refractivity contribution < 1.29 is 24.4 Å². The second-order valence-electron chi connectivity index (χ2n) is 5.73. The lowest BCUT2D eigenvalue weighted by atomic mass is 10.2. The van der Waals surface area contributed by atoms with E-state index in [4.69, 9.17) is 9.84 Å². The van der Waals surface area contributed by atoms with Crippen LogP contribution in [0.1, 0.15) is 20.8 Å². The van der Waals surface area contributed by atoms with E-state index in [0.29, 0.717) is 11.9 Å². The Hall–Kier alpha value is -1.72. The van der Waals surface area contributed by atoms with Crippen molar-refractivity contribution in [2.45, 2.75) is 32.4 Å². The number of thiol groups is 1. The Morgan fingerprint density at radius 1 is 1.58 bits per heavy atom. The van der Waals surface area contributed by atoms with Gasteiger partial charge in [-0.3, -0.25) is 19.8 Å². The number of rotatable bonds is 6. The predicted octanol–water partition coefficient (Wildman–Crippen LogP) is 1.86. The Labute approximate surface area is 148 Å². The lowest BCUT2D eigenvalue weighted by molar-refractivity contribution is -0.420. The molecule has 0 fully saturated rings. The van der Waals surface area contributed by atoms with E-state index in [1.54, 1.807) is 20.8 Å². The van der Waals surface area contributed by atoms with Crippen LogP contribution in [-0.4, -0.2) is 50.9 Å². The first-order valence-electron chi connectivity index (χ1n) is 6.88. The molecule has 134 valence electrons. The number of hydrogen-bond donors (Lipinski definition) is 3. The average Bonchev–Trinajstić information content (AvgIpc) is 2.45. The molecule has 0 aromatic rings. The minimum atomic E-state index is -1.16. The molecule has 0 radical (unpaired) electrons. The maximum atomic E-state index is 12.3. The van der Waals surface area contributed by atoms with Crippen molar-refractivity contribution >= 4 is 36.6 Å². The van der Waals surface area contributed by atoms with Gasteiger partial charge in [0.15, 0.2) is 5.03 Å². The summed E-state index contributed by atoms with van der Waals surface area (Å²) in [7, 11) is 0. The fourth-order valence-electron chi connectivity index (χ4n) is 1.58. The van der Waals surface area contributed by atoms with Gasteiger partial charge in [0.05, 0.1) is 4.92 Å². The first-order valence-corrected chi connectivity index (χ1v) is 8.33. The summed E-state index contributed by atoms with van der Waals surface area (Å²) in [5, 5.41) is 20.2. The number of nitrogens with zero attached hydrogens (tertiary/aromatic N) is 2. The minimum Gasteiger partial charge on any atom is -0.480 e. The molecule has 1 rings (SSSR count). The summed E-state index contributed by atoms with van der Waals surface area (Å²) >= 11 is 4.60. The zero-order valence-electron chi connectivity index (χ0n) is 13.4. The van der Waals surface area contributed by atoms with Gasteiger partial charge in [-0.1, -0.05) is 6.08 Å². The second kappa shape index (κ2) is 8.40. The molecule has 11 heteroatoms. The van der Waals surface area contributed by atoms with Gasteiger partial charge in [-0.15, -0.1) is 0 Å². The molecule has 2 N–H and O–H groups in total. The molecule has 0 saturated carbocycles. The molecular weight excluding hydrogens is 358 g/mol. The SMILES string of the molecule is CC(C)(C)OC(=O)N1CC=CC([N+](=O)[O-])=C1SN[C@@H](CS)C(=O)O. The lowest BCUT2D eigenvalue weighted by Crippen LogP contribution is -2.40. The molecule has 9 nitrogen and oxygen atoms in total. The van der Waals surface area contributed by atoms with Crippen molar-refractivity contribution in [3.8, 4) is 0 Å². The highest BCUT2D eigenvalue weighted by Crippen LogP contribution is 2.28. The van der Waals surface area contributed by atoms with E-state index in [1.165, 1.54) is 12.2 Å². The van der Waals surface area contributed by atoms with Crippen molar-refractivity contribution in [3.05, 3.63) is 33.0 Å². The van der Waals surface area contributed by atoms with Crippen molar-refractivity contribution in [3.63, 3.8) is 0 Å². The van der Waals surface area contributed by atoms with Crippen LogP contribution >= 0.6 is 24.6 Å². The van der Waals surface area contributed by atoms with Gasteiger partial charge in [-0.2, -0.15) is 12.6 Å². The number of nitrogens with one attached hydrogen (secondary N) is 1. The van der Waals surface area contributed by atoms with E-state index in [9.17, 15) is 19.7 Å². The third-order valence-corrected chi connectivity index (χ3v) is 4.01. The molecule has 1 amide bonds. The number of hydrogen-bond acceptors (Lipinski definition) is 8. The molecule has 0 unspecified atom stereocenters. The summed E-state index contributed by atoms with van der Waals surface area (Å²) in [6.45, 7) is 5.11. The third kappa shape index (κ3) is 5.73. The zero-order chi connectivity index (χ0) is 18.5. The molecule has 1 aliphatic rings. The quantitative estimate of drug-likeness (QED) is 0.277. The van der Waals surface area contributed by atoms with E-state index in [2.05, 4.69) is 17.4 Å². The molecule has 24 heavy (non-hydrogen) atoms. The van der Waals surface area contributed by atoms with Crippen LogP contribution < -0.4 is 4.72 Å². The molecule has 0 spiro atoms. The summed E-state index contributed by atoms with van der Waals surface area (Å²) in [6.07, 6.45) is 1.97. The fraction of sp³-hybridized carbons (Fsp3) is 0.538. The number of allylic oxidation sites excluding steroid dienone is 1. The van der Waals surface area contributed by atoms with E-state index in [0.717, 1.165) is 4.90 Å². The highest BCUT2D eigenvalue weighted by atomic mass is 32.2. The van der Waals surface area contributed by atoms with Crippen LogP contribution in [-0.2, 0) is 9.53 Å². The van der Waals surface area contributed by atoms with Crippen LogP contribution in [0.15, 0.2) is 22.9 Å². The van der Waals surface area contributed by atoms with Crippen LogP contribution in [0, 0.1) is 10.1 Å². The standard InChI is InChI=1S/C13H19N3O6S2/c1-13(2,3)22-12(19)15-6-4-5-9(16(20)21)10(15)24-14-8(7-23)11(17)18/h4-5,8,14,23H,6-7H2,1-3H3,(H,17,18)/t8-/m0/s1. The van der Waals surface area contributed by atoms with Crippen molar-refractivity contribution in [1.29, 1.82) is 0 Å². The predicted molar refractivity (Wildman–Crippen MR) is 92.1 cm³/mol. The van der Waals surface area contributed by atoms with Gasteiger partial charge in [-0.25, -0.2) is 9.52 Å². The summed E-state index contributed by atoms with van der Waals surface area (Å²) in [6, 6.07) is -1.04. The van der Waals surface area contributed by atoms with Crippen LogP contribution in [0.5, 0.6) is 0 Å². The maximum Gasteiger partial charge on any atom is 0.415 e. The number of carboxylic acids is 1. The van der Waals surface area contributed by atoms with Gasteiger partial charge in [-0.05, 0) is 32.7 Å². The number of ether oxygens (including phenoxy) is 1. The Kier molecular flexibility index (Phi) is 7.11. The normalized spacial score (nSPS) is 16.1. The molecule has 0 aliphatic carbocycles. The van der Waals surface area contributed by atoms with Crippen LogP contribution in [0.4, 0.5) is 4.79 Å². The molecular formula is C13H19N3O6S2. The number of carbonyl (C=O) groups is 2. The molecule has 0 bridgehead atoms. The number of nitro groups is 1. The first-order chi connectivity index (χ1) is 11.1. The largest absolute Gasteiger partial charge is 0.480 e.